The second-order valence-electron chi connectivity index (χ2n) is 6.96. The third-order valence-corrected chi connectivity index (χ3v) is 4.89. The molecule has 5 nitrogen and oxygen atoms in total. The molecule has 5 heteroatoms. The number of aliphatic imine (C=N–C) groups is 1. The van der Waals surface area contributed by atoms with Crippen LogP contribution in [0.4, 0.5) is 0 Å². The van der Waals surface area contributed by atoms with Gasteiger partial charge in [-0.05, 0) is 46.3 Å². The fourth-order valence-electron chi connectivity index (χ4n) is 3.38. The molecule has 0 amide bonds. The first-order valence-corrected chi connectivity index (χ1v) is 9.35. The van der Waals surface area contributed by atoms with Crippen LogP contribution in [-0.2, 0) is 4.74 Å². The van der Waals surface area contributed by atoms with E-state index in [9.17, 15) is 0 Å². The van der Waals surface area contributed by atoms with E-state index in [-0.39, 0.29) is 0 Å². The van der Waals surface area contributed by atoms with Crippen LogP contribution in [0.5, 0.6) is 0 Å². The Hall–Kier alpha value is -1.59. The van der Waals surface area contributed by atoms with Crippen molar-refractivity contribution in [2.75, 3.05) is 47.4 Å². The van der Waals surface area contributed by atoms with Gasteiger partial charge in [0.1, 0.15) is 0 Å². The molecule has 1 aliphatic heterocycles. The molecule has 0 aliphatic carbocycles. The maximum absolute atomic E-state index is 5.75. The SMILES string of the molecule is CCOC1CCN(C(=NC)NCC(c2ccc(C)cc2)N(C)C)CC1. The number of benzene rings is 1. The van der Waals surface area contributed by atoms with Crippen LogP contribution in [0.15, 0.2) is 29.3 Å². The van der Waals surface area contributed by atoms with Crippen LogP contribution in [0.25, 0.3) is 0 Å². The molecule has 1 atom stereocenters. The molecule has 1 aliphatic rings. The minimum Gasteiger partial charge on any atom is -0.378 e. The van der Waals surface area contributed by atoms with E-state index in [0.717, 1.165) is 45.0 Å². The van der Waals surface area contributed by atoms with E-state index < -0.39 is 0 Å². The number of aryl methyl sites for hydroxylation is 1. The average Bonchev–Trinajstić information content (AvgIpc) is 2.61. The van der Waals surface area contributed by atoms with Gasteiger partial charge in [0.25, 0.3) is 0 Å². The lowest BCUT2D eigenvalue weighted by molar-refractivity contribution is 0.0263. The molecular weight excluding hydrogens is 312 g/mol. The van der Waals surface area contributed by atoms with Crippen molar-refractivity contribution in [2.24, 2.45) is 4.99 Å². The molecule has 140 valence electrons. The number of ether oxygens (including phenoxy) is 1. The fourth-order valence-corrected chi connectivity index (χ4v) is 3.38. The van der Waals surface area contributed by atoms with Gasteiger partial charge in [-0.3, -0.25) is 4.99 Å². The molecule has 1 aromatic carbocycles. The summed E-state index contributed by atoms with van der Waals surface area (Å²) in [5.41, 5.74) is 2.62. The van der Waals surface area contributed by atoms with Crippen LogP contribution in [0.3, 0.4) is 0 Å². The Morgan fingerprint density at radius 2 is 1.92 bits per heavy atom. The highest BCUT2D eigenvalue weighted by Crippen LogP contribution is 2.19. The van der Waals surface area contributed by atoms with Gasteiger partial charge in [0.05, 0.1) is 12.1 Å². The van der Waals surface area contributed by atoms with Crippen LogP contribution in [0, 0.1) is 6.92 Å². The monoisotopic (exact) mass is 346 g/mol. The first-order valence-electron chi connectivity index (χ1n) is 9.35. The second-order valence-corrected chi connectivity index (χ2v) is 6.96. The van der Waals surface area contributed by atoms with Crippen molar-refractivity contribution >= 4 is 5.96 Å². The summed E-state index contributed by atoms with van der Waals surface area (Å²) < 4.78 is 5.75. The van der Waals surface area contributed by atoms with E-state index in [1.54, 1.807) is 0 Å². The average molecular weight is 347 g/mol. The molecule has 0 radical (unpaired) electrons. The highest BCUT2D eigenvalue weighted by atomic mass is 16.5. The van der Waals surface area contributed by atoms with Crippen LogP contribution in [0.2, 0.25) is 0 Å². The van der Waals surface area contributed by atoms with E-state index >= 15 is 0 Å². The largest absolute Gasteiger partial charge is 0.378 e. The Labute approximate surface area is 153 Å². The van der Waals surface area contributed by atoms with Gasteiger partial charge in [-0.2, -0.15) is 0 Å². The molecule has 1 saturated heterocycles. The summed E-state index contributed by atoms with van der Waals surface area (Å²) in [4.78, 5) is 9.09. The lowest BCUT2D eigenvalue weighted by atomic mass is 10.0. The van der Waals surface area contributed by atoms with E-state index in [1.165, 1.54) is 11.1 Å². The zero-order valence-corrected chi connectivity index (χ0v) is 16.5. The summed E-state index contributed by atoms with van der Waals surface area (Å²) in [6.07, 6.45) is 2.55. The van der Waals surface area contributed by atoms with E-state index in [2.05, 4.69) is 72.3 Å². The van der Waals surface area contributed by atoms with Gasteiger partial charge in [-0.1, -0.05) is 29.8 Å². The lowest BCUT2D eigenvalue weighted by Crippen LogP contribution is -2.48. The number of nitrogens with one attached hydrogen (secondary N) is 1. The predicted octanol–water partition coefficient (Wildman–Crippen LogP) is 2.67. The number of nitrogens with zero attached hydrogens (tertiary/aromatic N) is 3. The van der Waals surface area contributed by atoms with Crippen molar-refractivity contribution < 1.29 is 4.74 Å². The van der Waals surface area contributed by atoms with Crippen LogP contribution < -0.4 is 5.32 Å². The first kappa shape index (κ1) is 19.7. The molecule has 2 rings (SSSR count). The summed E-state index contributed by atoms with van der Waals surface area (Å²) in [6, 6.07) is 9.12. The third-order valence-electron chi connectivity index (χ3n) is 4.89. The fraction of sp³-hybridized carbons (Fsp3) is 0.650. The minimum absolute atomic E-state index is 0.318. The molecule has 0 bridgehead atoms. The predicted molar refractivity (Wildman–Crippen MR) is 105 cm³/mol. The first-order chi connectivity index (χ1) is 12.0. The van der Waals surface area contributed by atoms with Crippen LogP contribution in [-0.4, -0.2) is 69.2 Å². The Morgan fingerprint density at radius 3 is 2.44 bits per heavy atom. The molecule has 1 fully saturated rings. The Kier molecular flexibility index (Phi) is 7.72. The summed E-state index contributed by atoms with van der Waals surface area (Å²) in [5, 5.41) is 3.57. The molecule has 0 aromatic heterocycles. The van der Waals surface area contributed by atoms with Gasteiger partial charge in [-0.15, -0.1) is 0 Å². The van der Waals surface area contributed by atoms with Crippen molar-refractivity contribution in [3.05, 3.63) is 35.4 Å². The van der Waals surface area contributed by atoms with Gasteiger partial charge in [0, 0.05) is 33.3 Å². The van der Waals surface area contributed by atoms with Gasteiger partial charge in [0.2, 0.25) is 0 Å². The minimum atomic E-state index is 0.318. The van der Waals surface area contributed by atoms with Gasteiger partial charge in [-0.25, -0.2) is 0 Å². The number of rotatable bonds is 6. The number of likely N-dealkylation sites (N-methyl/N-ethyl adjacent to an activating group) is 1. The van der Waals surface area contributed by atoms with Crippen molar-refractivity contribution in [1.82, 2.24) is 15.1 Å². The molecule has 1 heterocycles. The van der Waals surface area contributed by atoms with Gasteiger partial charge >= 0.3 is 0 Å². The van der Waals surface area contributed by atoms with Crippen molar-refractivity contribution in [3.63, 3.8) is 0 Å². The topological polar surface area (TPSA) is 40.1 Å². The molecule has 25 heavy (non-hydrogen) atoms. The highest BCUT2D eigenvalue weighted by molar-refractivity contribution is 5.80. The quantitative estimate of drug-likeness (QED) is 0.635. The van der Waals surface area contributed by atoms with Crippen molar-refractivity contribution in [3.8, 4) is 0 Å². The van der Waals surface area contributed by atoms with Crippen molar-refractivity contribution in [1.29, 1.82) is 0 Å². The van der Waals surface area contributed by atoms with Crippen LogP contribution >= 0.6 is 0 Å². The van der Waals surface area contributed by atoms with E-state index in [1.807, 2.05) is 7.05 Å². The number of hydrogen-bond acceptors (Lipinski definition) is 3. The number of likely N-dealkylation sites (tertiary alicyclic amines) is 1. The van der Waals surface area contributed by atoms with Crippen molar-refractivity contribution in [2.45, 2.75) is 38.8 Å². The number of guanidine groups is 1. The molecule has 1 N–H and O–H groups in total. The lowest BCUT2D eigenvalue weighted by Gasteiger charge is -2.35. The Balaban J connectivity index is 1.93. The standard InChI is InChI=1S/C20H34N4O/c1-6-25-18-11-13-24(14-12-18)20(21-3)22-15-19(23(4)5)17-9-7-16(2)8-10-17/h7-10,18-19H,6,11-15H2,1-5H3,(H,21,22). The molecule has 0 spiro atoms. The number of hydrogen-bond donors (Lipinski definition) is 1. The Morgan fingerprint density at radius 1 is 1.28 bits per heavy atom. The zero-order valence-electron chi connectivity index (χ0n) is 16.5. The maximum atomic E-state index is 5.75. The summed E-state index contributed by atoms with van der Waals surface area (Å²) in [7, 11) is 6.12. The van der Waals surface area contributed by atoms with Gasteiger partial charge < -0.3 is 19.9 Å². The number of piperidine rings is 1. The van der Waals surface area contributed by atoms with Gasteiger partial charge in [0.15, 0.2) is 5.96 Å². The third kappa shape index (κ3) is 5.72. The smallest absolute Gasteiger partial charge is 0.193 e. The Bertz CT molecular complexity index is 533. The molecule has 1 unspecified atom stereocenters. The van der Waals surface area contributed by atoms with E-state index in [0.29, 0.717) is 12.1 Å². The van der Waals surface area contributed by atoms with E-state index in [4.69, 9.17) is 4.74 Å². The highest BCUT2D eigenvalue weighted by Gasteiger charge is 2.22. The summed E-state index contributed by atoms with van der Waals surface area (Å²) >= 11 is 0. The molecule has 1 aromatic rings. The summed E-state index contributed by atoms with van der Waals surface area (Å²) in [5.74, 6) is 0.994. The second kappa shape index (κ2) is 9.78. The molecule has 0 saturated carbocycles. The normalized spacial score (nSPS) is 17.8. The maximum Gasteiger partial charge on any atom is 0.193 e. The summed E-state index contributed by atoms with van der Waals surface area (Å²) in [6.45, 7) is 7.84. The zero-order chi connectivity index (χ0) is 18.2. The molecular formula is C20H34N4O. The van der Waals surface area contributed by atoms with Crippen LogP contribution in [0.1, 0.15) is 36.9 Å².